The number of carboxylic acids is 1. The van der Waals surface area contributed by atoms with Gasteiger partial charge < -0.3 is 19.6 Å². The third-order valence-corrected chi connectivity index (χ3v) is 3.79. The number of thiazole rings is 1. The highest BCUT2D eigenvalue weighted by Gasteiger charge is 2.36. The first kappa shape index (κ1) is 15.6. The minimum absolute atomic E-state index is 0.0871. The third-order valence-electron chi connectivity index (χ3n) is 2.98. The fourth-order valence-electron chi connectivity index (χ4n) is 2.07. The molecule has 0 aliphatic carbocycles. The van der Waals surface area contributed by atoms with Crippen LogP contribution in [0.15, 0.2) is 11.6 Å². The normalized spacial score (nSPS) is 19.5. The lowest BCUT2D eigenvalue weighted by Gasteiger charge is -2.39. The zero-order chi connectivity index (χ0) is 15.6. The summed E-state index contributed by atoms with van der Waals surface area (Å²) in [7, 11) is 0. The second-order valence-corrected chi connectivity index (χ2v) is 6.66. The van der Waals surface area contributed by atoms with Crippen LogP contribution in [0.4, 0.5) is 9.93 Å². The van der Waals surface area contributed by atoms with Crippen LogP contribution in [0.3, 0.4) is 0 Å². The maximum Gasteiger partial charge on any atom is 0.410 e. The minimum atomic E-state index is -0.974. The molecule has 0 aromatic carbocycles. The van der Waals surface area contributed by atoms with E-state index in [4.69, 9.17) is 4.74 Å². The van der Waals surface area contributed by atoms with Crippen molar-refractivity contribution in [2.24, 2.45) is 0 Å². The Morgan fingerprint density at radius 1 is 1.43 bits per heavy atom. The molecule has 1 atom stereocenters. The molecule has 0 unspecified atom stereocenters. The van der Waals surface area contributed by atoms with Gasteiger partial charge in [0.05, 0.1) is 6.54 Å². The van der Waals surface area contributed by atoms with Crippen LogP contribution in [0.25, 0.3) is 0 Å². The highest BCUT2D eigenvalue weighted by molar-refractivity contribution is 7.13. The van der Waals surface area contributed by atoms with Crippen molar-refractivity contribution in [3.8, 4) is 0 Å². The Labute approximate surface area is 127 Å². The number of carbonyl (C=O) groups is 2. The lowest BCUT2D eigenvalue weighted by atomic mass is 10.2. The number of carboxylic acid groups (broad SMARTS) is 1. The van der Waals surface area contributed by atoms with E-state index < -0.39 is 23.7 Å². The van der Waals surface area contributed by atoms with E-state index in [0.717, 1.165) is 0 Å². The van der Waals surface area contributed by atoms with Gasteiger partial charge in [-0.1, -0.05) is 0 Å². The molecule has 2 rings (SSSR count). The van der Waals surface area contributed by atoms with Gasteiger partial charge in [0.1, 0.15) is 11.6 Å². The van der Waals surface area contributed by atoms with Gasteiger partial charge in [-0.25, -0.2) is 14.6 Å². The molecule has 1 fully saturated rings. The predicted octanol–water partition coefficient (Wildman–Crippen LogP) is 1.65. The Hall–Kier alpha value is -1.83. The van der Waals surface area contributed by atoms with Crippen LogP contribution >= 0.6 is 11.3 Å². The molecule has 8 heteroatoms. The van der Waals surface area contributed by atoms with Gasteiger partial charge in [0, 0.05) is 24.7 Å². The largest absolute Gasteiger partial charge is 0.480 e. The third kappa shape index (κ3) is 3.84. The van der Waals surface area contributed by atoms with Crippen molar-refractivity contribution in [2.45, 2.75) is 32.4 Å². The van der Waals surface area contributed by atoms with Gasteiger partial charge in [0.2, 0.25) is 0 Å². The lowest BCUT2D eigenvalue weighted by molar-refractivity contribution is -0.139. The summed E-state index contributed by atoms with van der Waals surface area (Å²) in [4.78, 5) is 30.8. The van der Waals surface area contributed by atoms with E-state index in [1.54, 1.807) is 37.2 Å². The number of hydrogen-bond acceptors (Lipinski definition) is 6. The fourth-order valence-corrected chi connectivity index (χ4v) is 2.79. The summed E-state index contributed by atoms with van der Waals surface area (Å²) in [5, 5.41) is 11.9. The standard InChI is InChI=1S/C13H19N3O4S/c1-13(2,3)20-12(19)15-5-6-16(9(8-15)10(17)18)11-14-4-7-21-11/h4,7,9H,5-6,8H2,1-3H3,(H,17,18)/t9-/m1/s1. The summed E-state index contributed by atoms with van der Waals surface area (Å²) in [6, 6.07) is -0.808. The zero-order valence-electron chi connectivity index (χ0n) is 12.3. The number of aromatic nitrogens is 1. The zero-order valence-corrected chi connectivity index (χ0v) is 13.1. The van der Waals surface area contributed by atoms with Crippen LogP contribution in [0.2, 0.25) is 0 Å². The highest BCUT2D eigenvalue weighted by Crippen LogP contribution is 2.24. The molecule has 0 saturated carbocycles. The molecule has 1 N–H and O–H groups in total. The molecular formula is C13H19N3O4S. The molecule has 0 radical (unpaired) electrons. The van der Waals surface area contributed by atoms with Crippen molar-refractivity contribution >= 4 is 28.5 Å². The molecule has 0 spiro atoms. The van der Waals surface area contributed by atoms with E-state index in [1.165, 1.54) is 16.2 Å². The SMILES string of the molecule is CC(C)(C)OC(=O)N1CCN(c2nccs2)[C@@H](C(=O)O)C1. The summed E-state index contributed by atoms with van der Waals surface area (Å²) in [6.45, 7) is 6.27. The quantitative estimate of drug-likeness (QED) is 0.894. The van der Waals surface area contributed by atoms with E-state index in [2.05, 4.69) is 4.98 Å². The second kappa shape index (κ2) is 5.88. The first-order valence-electron chi connectivity index (χ1n) is 6.65. The molecule has 2 heterocycles. The molecule has 1 aliphatic rings. The molecule has 0 bridgehead atoms. The number of ether oxygens (including phenoxy) is 1. The van der Waals surface area contributed by atoms with Crippen molar-refractivity contribution < 1.29 is 19.4 Å². The number of nitrogens with zero attached hydrogens (tertiary/aromatic N) is 3. The number of hydrogen-bond donors (Lipinski definition) is 1. The smallest absolute Gasteiger partial charge is 0.410 e. The van der Waals surface area contributed by atoms with Crippen LogP contribution in [0.5, 0.6) is 0 Å². The Kier molecular flexibility index (Phi) is 4.36. The van der Waals surface area contributed by atoms with Crippen molar-refractivity contribution in [3.63, 3.8) is 0 Å². The average Bonchev–Trinajstić information content (AvgIpc) is 2.89. The molecule has 7 nitrogen and oxygen atoms in total. The maximum absolute atomic E-state index is 12.1. The topological polar surface area (TPSA) is 83.0 Å². The van der Waals surface area contributed by atoms with Crippen molar-refractivity contribution in [2.75, 3.05) is 24.5 Å². The fraction of sp³-hybridized carbons (Fsp3) is 0.615. The van der Waals surface area contributed by atoms with Crippen LogP contribution < -0.4 is 4.90 Å². The number of rotatable bonds is 2. The molecular weight excluding hydrogens is 294 g/mol. The molecule has 116 valence electrons. The van der Waals surface area contributed by atoms with Crippen molar-refractivity contribution in [3.05, 3.63) is 11.6 Å². The van der Waals surface area contributed by atoms with E-state index in [-0.39, 0.29) is 6.54 Å². The minimum Gasteiger partial charge on any atom is -0.480 e. The number of amides is 1. The molecule has 21 heavy (non-hydrogen) atoms. The first-order valence-corrected chi connectivity index (χ1v) is 7.53. The second-order valence-electron chi connectivity index (χ2n) is 5.79. The van der Waals surface area contributed by atoms with E-state index in [9.17, 15) is 14.7 Å². The summed E-state index contributed by atoms with van der Waals surface area (Å²) >= 11 is 1.39. The number of carbonyl (C=O) groups excluding carboxylic acids is 1. The molecule has 1 amide bonds. The number of aliphatic carboxylic acids is 1. The summed E-state index contributed by atoms with van der Waals surface area (Å²) in [5.74, 6) is -0.974. The Morgan fingerprint density at radius 2 is 2.14 bits per heavy atom. The van der Waals surface area contributed by atoms with Crippen LogP contribution in [0, 0.1) is 0 Å². The highest BCUT2D eigenvalue weighted by atomic mass is 32.1. The Balaban J connectivity index is 2.09. The van der Waals surface area contributed by atoms with Gasteiger partial charge in [-0.15, -0.1) is 11.3 Å². The summed E-state index contributed by atoms with van der Waals surface area (Å²) < 4.78 is 5.29. The van der Waals surface area contributed by atoms with E-state index in [0.29, 0.717) is 18.2 Å². The van der Waals surface area contributed by atoms with Crippen LogP contribution in [0.1, 0.15) is 20.8 Å². The van der Waals surface area contributed by atoms with Gasteiger partial charge >= 0.3 is 12.1 Å². The van der Waals surface area contributed by atoms with E-state index in [1.807, 2.05) is 0 Å². The maximum atomic E-state index is 12.1. The summed E-state index contributed by atoms with van der Waals surface area (Å²) in [5.41, 5.74) is -0.595. The first-order chi connectivity index (χ1) is 9.78. The van der Waals surface area contributed by atoms with Gasteiger partial charge in [-0.3, -0.25) is 0 Å². The predicted molar refractivity (Wildman–Crippen MR) is 78.7 cm³/mol. The van der Waals surface area contributed by atoms with E-state index >= 15 is 0 Å². The van der Waals surface area contributed by atoms with Gasteiger partial charge in [0.15, 0.2) is 5.13 Å². The lowest BCUT2D eigenvalue weighted by Crippen LogP contribution is -2.58. The number of anilines is 1. The molecule has 1 aromatic heterocycles. The molecule has 1 aromatic rings. The van der Waals surface area contributed by atoms with Crippen molar-refractivity contribution in [1.29, 1.82) is 0 Å². The monoisotopic (exact) mass is 313 g/mol. The van der Waals surface area contributed by atoms with Crippen LogP contribution in [-0.4, -0.2) is 58.3 Å². The van der Waals surface area contributed by atoms with Crippen molar-refractivity contribution in [1.82, 2.24) is 9.88 Å². The molecule has 1 aliphatic heterocycles. The van der Waals surface area contributed by atoms with Crippen LogP contribution in [-0.2, 0) is 9.53 Å². The molecule has 1 saturated heterocycles. The Bertz CT molecular complexity index is 512. The van der Waals surface area contributed by atoms with Gasteiger partial charge in [-0.05, 0) is 20.8 Å². The average molecular weight is 313 g/mol. The van der Waals surface area contributed by atoms with Gasteiger partial charge in [-0.2, -0.15) is 0 Å². The van der Waals surface area contributed by atoms with Gasteiger partial charge in [0.25, 0.3) is 0 Å². The number of piperazine rings is 1. The summed E-state index contributed by atoms with van der Waals surface area (Å²) in [6.07, 6.45) is 1.16. The Morgan fingerprint density at radius 3 is 2.67 bits per heavy atom.